The Balaban J connectivity index is 1.29. The van der Waals surface area contributed by atoms with Gasteiger partial charge in [-0.15, -0.1) is 11.3 Å². The molecule has 0 radical (unpaired) electrons. The van der Waals surface area contributed by atoms with Crippen molar-refractivity contribution < 1.29 is 4.79 Å². The molecule has 5 nitrogen and oxygen atoms in total. The maximum Gasteiger partial charge on any atom is 0.223 e. The first-order chi connectivity index (χ1) is 15.3. The van der Waals surface area contributed by atoms with E-state index in [0.717, 1.165) is 29.1 Å². The number of fused-ring (bicyclic) bond motifs is 1. The van der Waals surface area contributed by atoms with Crippen LogP contribution < -0.4 is 4.90 Å². The summed E-state index contributed by atoms with van der Waals surface area (Å²) in [5, 5.41) is 3.15. The molecule has 4 aromatic rings. The second kappa shape index (κ2) is 8.86. The third kappa shape index (κ3) is 4.16. The third-order valence-corrected chi connectivity index (χ3v) is 6.78. The molecule has 5 rings (SSSR count). The minimum atomic E-state index is 0.0697. The number of nitrogens with zero attached hydrogens (tertiary/aromatic N) is 4. The van der Waals surface area contributed by atoms with Crippen molar-refractivity contribution in [3.8, 4) is 0 Å². The first kappa shape index (κ1) is 19.7. The van der Waals surface area contributed by atoms with Crippen LogP contribution in [0.3, 0.4) is 0 Å². The highest BCUT2D eigenvalue weighted by molar-refractivity contribution is 7.16. The quantitative estimate of drug-likeness (QED) is 0.468. The molecule has 31 heavy (non-hydrogen) atoms. The number of thiophene rings is 1. The minimum Gasteiger partial charge on any atom is -0.352 e. The Hall–Kier alpha value is -3.25. The molecule has 0 bridgehead atoms. The van der Waals surface area contributed by atoms with Crippen LogP contribution in [0.5, 0.6) is 0 Å². The van der Waals surface area contributed by atoms with E-state index in [1.54, 1.807) is 17.7 Å². The number of carbonyl (C=O) groups is 1. The van der Waals surface area contributed by atoms with Crippen LogP contribution in [0.1, 0.15) is 23.5 Å². The highest BCUT2D eigenvalue weighted by Gasteiger charge is 2.26. The van der Waals surface area contributed by atoms with Gasteiger partial charge in [0.1, 0.15) is 17.0 Å². The summed E-state index contributed by atoms with van der Waals surface area (Å²) < 4.78 is 0. The fourth-order valence-corrected chi connectivity index (χ4v) is 5.03. The first-order valence-corrected chi connectivity index (χ1v) is 11.5. The predicted octanol–water partition coefficient (Wildman–Crippen LogP) is 4.56. The van der Waals surface area contributed by atoms with Crippen molar-refractivity contribution in [1.29, 1.82) is 0 Å². The molecule has 2 aromatic heterocycles. The number of rotatable bonds is 5. The number of benzene rings is 2. The van der Waals surface area contributed by atoms with Crippen molar-refractivity contribution in [2.75, 3.05) is 31.1 Å². The first-order valence-electron chi connectivity index (χ1n) is 10.6. The van der Waals surface area contributed by atoms with E-state index in [1.165, 1.54) is 11.1 Å². The summed E-state index contributed by atoms with van der Waals surface area (Å²) in [5.41, 5.74) is 2.36. The number of aromatic nitrogens is 2. The van der Waals surface area contributed by atoms with Crippen LogP contribution in [0.2, 0.25) is 0 Å². The van der Waals surface area contributed by atoms with E-state index in [0.29, 0.717) is 19.5 Å². The van der Waals surface area contributed by atoms with Crippen LogP contribution in [0.4, 0.5) is 5.82 Å². The van der Waals surface area contributed by atoms with Crippen LogP contribution in [0, 0.1) is 0 Å². The van der Waals surface area contributed by atoms with E-state index in [4.69, 9.17) is 0 Å². The topological polar surface area (TPSA) is 49.3 Å². The highest BCUT2D eigenvalue weighted by atomic mass is 32.1. The predicted molar refractivity (Wildman–Crippen MR) is 126 cm³/mol. The van der Waals surface area contributed by atoms with Gasteiger partial charge in [-0.05, 0) is 22.6 Å². The van der Waals surface area contributed by atoms with Crippen LogP contribution >= 0.6 is 11.3 Å². The summed E-state index contributed by atoms with van der Waals surface area (Å²) in [4.78, 5) is 27.4. The Morgan fingerprint density at radius 1 is 0.871 bits per heavy atom. The van der Waals surface area contributed by atoms with Crippen molar-refractivity contribution >= 4 is 33.3 Å². The smallest absolute Gasteiger partial charge is 0.223 e. The normalized spacial score (nSPS) is 14.4. The zero-order valence-corrected chi connectivity index (χ0v) is 18.0. The molecule has 1 aliphatic rings. The van der Waals surface area contributed by atoms with Gasteiger partial charge in [0.25, 0.3) is 0 Å². The number of piperazine rings is 1. The standard InChI is InChI=1S/C25H24N4OS/c30-23(17-22(19-7-3-1-4-8-19)20-9-5-2-6-10-20)28-12-14-29(15-13-28)24-21-11-16-31-25(21)27-18-26-24/h1-11,16,18,22H,12-15,17H2. The van der Waals surface area contributed by atoms with Gasteiger partial charge in [0.15, 0.2) is 0 Å². The van der Waals surface area contributed by atoms with Gasteiger partial charge in [-0.1, -0.05) is 60.7 Å². The molecule has 1 saturated heterocycles. The Labute approximate surface area is 186 Å². The van der Waals surface area contributed by atoms with E-state index in [2.05, 4.69) is 50.6 Å². The molecule has 0 aliphatic carbocycles. The average Bonchev–Trinajstić information content (AvgIpc) is 3.33. The van der Waals surface area contributed by atoms with Gasteiger partial charge < -0.3 is 9.80 Å². The lowest BCUT2D eigenvalue weighted by molar-refractivity contribution is -0.131. The lowest BCUT2D eigenvalue weighted by Gasteiger charge is -2.36. The summed E-state index contributed by atoms with van der Waals surface area (Å²) in [6.07, 6.45) is 2.12. The molecule has 0 saturated carbocycles. The molecule has 0 spiro atoms. The molecule has 1 amide bonds. The molecule has 1 aliphatic heterocycles. The molecule has 0 N–H and O–H groups in total. The summed E-state index contributed by atoms with van der Waals surface area (Å²) in [5.74, 6) is 1.26. The third-order valence-electron chi connectivity index (χ3n) is 5.96. The summed E-state index contributed by atoms with van der Waals surface area (Å²) >= 11 is 1.63. The SMILES string of the molecule is O=C(CC(c1ccccc1)c1ccccc1)N1CCN(c2ncnc3sccc23)CC1. The van der Waals surface area contributed by atoms with Gasteiger partial charge >= 0.3 is 0 Å². The van der Waals surface area contributed by atoms with Crippen molar-refractivity contribution in [2.45, 2.75) is 12.3 Å². The van der Waals surface area contributed by atoms with Crippen LogP contribution in [-0.2, 0) is 4.79 Å². The largest absolute Gasteiger partial charge is 0.352 e. The van der Waals surface area contributed by atoms with E-state index in [1.807, 2.05) is 41.3 Å². The number of hydrogen-bond donors (Lipinski definition) is 0. The fourth-order valence-electron chi connectivity index (χ4n) is 4.30. The van der Waals surface area contributed by atoms with Gasteiger partial charge in [0.05, 0.1) is 5.39 Å². The molecule has 1 fully saturated rings. The lowest BCUT2D eigenvalue weighted by atomic mass is 9.88. The van der Waals surface area contributed by atoms with Gasteiger partial charge in [0, 0.05) is 38.5 Å². The van der Waals surface area contributed by atoms with Crippen LogP contribution in [0.15, 0.2) is 78.4 Å². The summed E-state index contributed by atoms with van der Waals surface area (Å²) in [7, 11) is 0. The second-order valence-corrected chi connectivity index (χ2v) is 8.68. The van der Waals surface area contributed by atoms with Gasteiger partial charge in [0.2, 0.25) is 5.91 Å². The maximum absolute atomic E-state index is 13.3. The molecule has 156 valence electrons. The molecule has 0 unspecified atom stereocenters. The van der Waals surface area contributed by atoms with E-state index in [-0.39, 0.29) is 11.8 Å². The highest BCUT2D eigenvalue weighted by Crippen LogP contribution is 2.30. The lowest BCUT2D eigenvalue weighted by Crippen LogP contribution is -2.49. The molecular formula is C25H24N4OS. The van der Waals surface area contributed by atoms with E-state index < -0.39 is 0 Å². The fraction of sp³-hybridized carbons (Fsp3) is 0.240. The molecule has 3 heterocycles. The summed E-state index contributed by atoms with van der Waals surface area (Å²) in [6.45, 7) is 3.00. The van der Waals surface area contributed by atoms with Gasteiger partial charge in [-0.25, -0.2) is 9.97 Å². The Bertz CT molecular complexity index is 1110. The molecular weight excluding hydrogens is 404 g/mol. The molecule has 6 heteroatoms. The van der Waals surface area contributed by atoms with Crippen LogP contribution in [0.25, 0.3) is 10.2 Å². The van der Waals surface area contributed by atoms with Crippen molar-refractivity contribution in [3.63, 3.8) is 0 Å². The number of anilines is 1. The van der Waals surface area contributed by atoms with Crippen molar-refractivity contribution in [3.05, 3.63) is 89.6 Å². The summed E-state index contributed by atoms with van der Waals surface area (Å²) in [6, 6.07) is 22.7. The second-order valence-electron chi connectivity index (χ2n) is 7.78. The van der Waals surface area contributed by atoms with Gasteiger partial charge in [-0.2, -0.15) is 0 Å². The zero-order valence-electron chi connectivity index (χ0n) is 17.2. The van der Waals surface area contributed by atoms with Gasteiger partial charge in [-0.3, -0.25) is 4.79 Å². The monoisotopic (exact) mass is 428 g/mol. The Morgan fingerprint density at radius 3 is 2.16 bits per heavy atom. The van der Waals surface area contributed by atoms with Crippen molar-refractivity contribution in [1.82, 2.24) is 14.9 Å². The Morgan fingerprint density at radius 2 is 1.52 bits per heavy atom. The van der Waals surface area contributed by atoms with Crippen molar-refractivity contribution in [2.24, 2.45) is 0 Å². The minimum absolute atomic E-state index is 0.0697. The Kier molecular flexibility index (Phi) is 5.63. The van der Waals surface area contributed by atoms with E-state index in [9.17, 15) is 4.79 Å². The number of carbonyl (C=O) groups excluding carboxylic acids is 1. The van der Waals surface area contributed by atoms with Crippen LogP contribution in [-0.4, -0.2) is 47.0 Å². The zero-order chi connectivity index (χ0) is 21.0. The maximum atomic E-state index is 13.3. The average molecular weight is 429 g/mol. The number of hydrogen-bond acceptors (Lipinski definition) is 5. The van der Waals surface area contributed by atoms with E-state index >= 15 is 0 Å². The molecule has 2 aromatic carbocycles. The molecule has 0 atom stereocenters. The number of amides is 1.